The second-order valence-corrected chi connectivity index (χ2v) is 5.12. The summed E-state index contributed by atoms with van der Waals surface area (Å²) in [5.74, 6) is 0.868. The number of hydrogen-bond acceptors (Lipinski definition) is 4. The largest absolute Gasteiger partial charge is 0.493 e. The quantitative estimate of drug-likeness (QED) is 0.783. The Hall–Kier alpha value is -1.71. The Labute approximate surface area is 113 Å². The molecule has 0 aliphatic heterocycles. The van der Waals surface area contributed by atoms with Gasteiger partial charge in [0.05, 0.1) is 19.8 Å². The van der Waals surface area contributed by atoms with E-state index in [4.69, 9.17) is 14.2 Å². The van der Waals surface area contributed by atoms with Crippen LogP contribution in [0.1, 0.15) is 43.0 Å². The summed E-state index contributed by atoms with van der Waals surface area (Å²) < 4.78 is 16.1. The van der Waals surface area contributed by atoms with Gasteiger partial charge in [-0.3, -0.25) is 0 Å². The lowest BCUT2D eigenvalue weighted by Crippen LogP contribution is -2.28. The molecule has 1 fully saturated rings. The Bertz CT molecular complexity index is 461. The lowest BCUT2D eigenvalue weighted by Gasteiger charge is -2.26. The summed E-state index contributed by atoms with van der Waals surface area (Å²) in [6, 6.07) is 5.12. The van der Waals surface area contributed by atoms with Crippen molar-refractivity contribution in [3.05, 3.63) is 23.8 Å². The SMILES string of the molecule is COC(=O)c1ccc(OC2(C)CCCC2)c(OC)c1. The van der Waals surface area contributed by atoms with E-state index in [1.165, 1.54) is 20.0 Å². The molecule has 19 heavy (non-hydrogen) atoms. The summed E-state index contributed by atoms with van der Waals surface area (Å²) in [5, 5.41) is 0. The Morgan fingerprint density at radius 3 is 2.42 bits per heavy atom. The van der Waals surface area contributed by atoms with Crippen LogP contribution in [0.15, 0.2) is 18.2 Å². The molecule has 0 saturated heterocycles. The summed E-state index contributed by atoms with van der Waals surface area (Å²) in [4.78, 5) is 11.5. The van der Waals surface area contributed by atoms with Crippen LogP contribution >= 0.6 is 0 Å². The van der Waals surface area contributed by atoms with Gasteiger partial charge in [-0.15, -0.1) is 0 Å². The summed E-state index contributed by atoms with van der Waals surface area (Å²) in [5.41, 5.74) is 0.336. The monoisotopic (exact) mass is 264 g/mol. The van der Waals surface area contributed by atoms with Crippen LogP contribution in [0.3, 0.4) is 0 Å². The van der Waals surface area contributed by atoms with Crippen molar-refractivity contribution in [1.29, 1.82) is 0 Å². The third-order valence-electron chi connectivity index (χ3n) is 3.60. The third-order valence-corrected chi connectivity index (χ3v) is 3.60. The molecule has 0 N–H and O–H groups in total. The van der Waals surface area contributed by atoms with E-state index in [2.05, 4.69) is 6.92 Å². The highest BCUT2D eigenvalue weighted by atomic mass is 16.5. The molecule has 1 saturated carbocycles. The molecule has 4 heteroatoms. The van der Waals surface area contributed by atoms with E-state index in [0.717, 1.165) is 12.8 Å². The zero-order valence-electron chi connectivity index (χ0n) is 11.7. The number of carbonyl (C=O) groups is 1. The van der Waals surface area contributed by atoms with Crippen LogP contribution in [0, 0.1) is 0 Å². The van der Waals surface area contributed by atoms with Gasteiger partial charge in [-0.25, -0.2) is 4.79 Å². The van der Waals surface area contributed by atoms with Crippen LogP contribution in [0.25, 0.3) is 0 Å². The predicted molar refractivity (Wildman–Crippen MR) is 71.8 cm³/mol. The molecule has 0 unspecified atom stereocenters. The van der Waals surface area contributed by atoms with E-state index in [-0.39, 0.29) is 11.6 Å². The molecule has 0 atom stereocenters. The van der Waals surface area contributed by atoms with Gasteiger partial charge in [0.15, 0.2) is 11.5 Å². The third kappa shape index (κ3) is 3.00. The zero-order chi connectivity index (χ0) is 13.9. The Balaban J connectivity index is 2.23. The highest BCUT2D eigenvalue weighted by Gasteiger charge is 2.31. The van der Waals surface area contributed by atoms with Gasteiger partial charge in [0.25, 0.3) is 0 Å². The normalized spacial score (nSPS) is 17.0. The lowest BCUT2D eigenvalue weighted by atomic mass is 10.1. The van der Waals surface area contributed by atoms with E-state index in [0.29, 0.717) is 17.1 Å². The summed E-state index contributed by atoms with van der Waals surface area (Å²) >= 11 is 0. The van der Waals surface area contributed by atoms with Crippen molar-refractivity contribution in [2.75, 3.05) is 14.2 Å². The second kappa shape index (κ2) is 5.51. The van der Waals surface area contributed by atoms with Gasteiger partial charge in [-0.1, -0.05) is 0 Å². The predicted octanol–water partition coefficient (Wildman–Crippen LogP) is 3.19. The van der Waals surface area contributed by atoms with Gasteiger partial charge in [0.1, 0.15) is 5.60 Å². The molecule has 0 amide bonds. The fourth-order valence-electron chi connectivity index (χ4n) is 2.49. The summed E-state index contributed by atoms with van der Waals surface area (Å²) in [7, 11) is 2.93. The van der Waals surface area contributed by atoms with E-state index in [1.807, 2.05) is 0 Å². The van der Waals surface area contributed by atoms with Crippen molar-refractivity contribution in [3.8, 4) is 11.5 Å². The van der Waals surface area contributed by atoms with Gasteiger partial charge < -0.3 is 14.2 Å². The molecule has 1 aromatic carbocycles. The van der Waals surface area contributed by atoms with Crippen molar-refractivity contribution in [3.63, 3.8) is 0 Å². The van der Waals surface area contributed by atoms with Crippen LogP contribution in [0.2, 0.25) is 0 Å². The first-order valence-corrected chi connectivity index (χ1v) is 6.53. The van der Waals surface area contributed by atoms with Crippen molar-refractivity contribution in [2.45, 2.75) is 38.2 Å². The number of hydrogen-bond donors (Lipinski definition) is 0. The minimum atomic E-state index is -0.378. The number of ether oxygens (including phenoxy) is 3. The van der Waals surface area contributed by atoms with E-state index < -0.39 is 0 Å². The highest BCUT2D eigenvalue weighted by molar-refractivity contribution is 5.90. The van der Waals surface area contributed by atoms with Gasteiger partial charge in [-0.05, 0) is 50.8 Å². The van der Waals surface area contributed by atoms with Gasteiger partial charge in [0, 0.05) is 0 Å². The minimum absolute atomic E-state index is 0.125. The van der Waals surface area contributed by atoms with Crippen LogP contribution in [-0.2, 0) is 4.74 Å². The Kier molecular flexibility index (Phi) is 3.98. The molecule has 1 aliphatic carbocycles. The maximum absolute atomic E-state index is 11.5. The highest BCUT2D eigenvalue weighted by Crippen LogP contribution is 2.38. The van der Waals surface area contributed by atoms with Crippen LogP contribution < -0.4 is 9.47 Å². The van der Waals surface area contributed by atoms with Crippen LogP contribution in [0.4, 0.5) is 0 Å². The molecular weight excluding hydrogens is 244 g/mol. The van der Waals surface area contributed by atoms with Crippen molar-refractivity contribution in [1.82, 2.24) is 0 Å². The Morgan fingerprint density at radius 2 is 1.84 bits per heavy atom. The lowest BCUT2D eigenvalue weighted by molar-refractivity contribution is 0.0600. The van der Waals surface area contributed by atoms with Crippen molar-refractivity contribution < 1.29 is 19.0 Å². The molecule has 4 nitrogen and oxygen atoms in total. The number of carbonyl (C=O) groups excluding carboxylic acids is 1. The topological polar surface area (TPSA) is 44.8 Å². The van der Waals surface area contributed by atoms with Crippen LogP contribution in [-0.4, -0.2) is 25.8 Å². The maximum atomic E-state index is 11.5. The van der Waals surface area contributed by atoms with Gasteiger partial charge in [-0.2, -0.15) is 0 Å². The van der Waals surface area contributed by atoms with Crippen molar-refractivity contribution in [2.24, 2.45) is 0 Å². The number of rotatable bonds is 4. The fourth-order valence-corrected chi connectivity index (χ4v) is 2.49. The molecule has 1 aromatic rings. The first-order chi connectivity index (χ1) is 9.08. The number of benzene rings is 1. The van der Waals surface area contributed by atoms with Crippen LogP contribution in [0.5, 0.6) is 11.5 Å². The molecular formula is C15H20O4. The van der Waals surface area contributed by atoms with Gasteiger partial charge in [0.2, 0.25) is 0 Å². The Morgan fingerprint density at radius 1 is 1.16 bits per heavy atom. The molecule has 2 rings (SSSR count). The standard InChI is InChI=1S/C15H20O4/c1-15(8-4-5-9-15)19-12-7-6-11(14(16)18-3)10-13(12)17-2/h6-7,10H,4-5,8-9H2,1-3H3. The first-order valence-electron chi connectivity index (χ1n) is 6.53. The van der Waals surface area contributed by atoms with E-state index >= 15 is 0 Å². The number of methoxy groups -OCH3 is 2. The molecule has 0 spiro atoms. The minimum Gasteiger partial charge on any atom is -0.493 e. The molecule has 0 heterocycles. The molecule has 1 aliphatic rings. The average molecular weight is 264 g/mol. The smallest absolute Gasteiger partial charge is 0.337 e. The molecule has 0 aromatic heterocycles. The van der Waals surface area contributed by atoms with Crippen molar-refractivity contribution >= 4 is 5.97 Å². The summed E-state index contributed by atoms with van der Waals surface area (Å²) in [6.45, 7) is 2.12. The molecule has 104 valence electrons. The zero-order valence-corrected chi connectivity index (χ0v) is 11.7. The fraction of sp³-hybridized carbons (Fsp3) is 0.533. The summed E-state index contributed by atoms with van der Waals surface area (Å²) in [6.07, 6.45) is 4.49. The van der Waals surface area contributed by atoms with Gasteiger partial charge >= 0.3 is 5.97 Å². The first kappa shape index (κ1) is 13.7. The van der Waals surface area contributed by atoms with E-state index in [9.17, 15) is 4.79 Å². The second-order valence-electron chi connectivity index (χ2n) is 5.12. The molecule has 0 radical (unpaired) electrons. The number of esters is 1. The van der Waals surface area contributed by atoms with E-state index in [1.54, 1.807) is 25.3 Å². The average Bonchev–Trinajstić information content (AvgIpc) is 2.84. The maximum Gasteiger partial charge on any atom is 0.337 e. The molecule has 0 bridgehead atoms.